The number of methoxy groups -OCH3 is 1. The van der Waals surface area contributed by atoms with Gasteiger partial charge >= 0.3 is 0 Å². The van der Waals surface area contributed by atoms with Gasteiger partial charge in [-0.1, -0.05) is 12.1 Å². The Kier molecular flexibility index (Phi) is 3.99. The predicted octanol–water partition coefficient (Wildman–Crippen LogP) is 1.99. The van der Waals surface area contributed by atoms with Gasteiger partial charge in [0.15, 0.2) is 0 Å². The second-order valence-corrected chi connectivity index (χ2v) is 4.47. The van der Waals surface area contributed by atoms with Crippen molar-refractivity contribution in [2.45, 2.75) is 39.0 Å². The van der Waals surface area contributed by atoms with Crippen LogP contribution in [0.3, 0.4) is 0 Å². The molecule has 0 bridgehead atoms. The third-order valence-electron chi connectivity index (χ3n) is 3.36. The van der Waals surface area contributed by atoms with E-state index in [1.165, 1.54) is 0 Å². The van der Waals surface area contributed by atoms with Gasteiger partial charge in [-0.15, -0.1) is 0 Å². The number of imidazole rings is 1. The minimum Gasteiger partial charge on any atom is -0.390 e. The number of ether oxygens (including phenoxy) is 1. The topological polar surface area (TPSA) is 47.3 Å². The number of aromatic nitrogens is 2. The number of aliphatic hydroxyl groups excluding tert-OH is 1. The van der Waals surface area contributed by atoms with Crippen molar-refractivity contribution < 1.29 is 9.84 Å². The fraction of sp³-hybridized carbons (Fsp3) is 0.500. The van der Waals surface area contributed by atoms with E-state index in [0.717, 1.165) is 23.4 Å². The minimum absolute atomic E-state index is 0.185. The number of aliphatic hydroxyl groups is 1. The number of hydrogen-bond donors (Lipinski definition) is 1. The van der Waals surface area contributed by atoms with E-state index < -0.39 is 6.10 Å². The molecule has 1 aromatic carbocycles. The van der Waals surface area contributed by atoms with E-state index in [4.69, 9.17) is 4.74 Å². The van der Waals surface area contributed by atoms with Crippen LogP contribution in [0.5, 0.6) is 0 Å². The first-order valence-corrected chi connectivity index (χ1v) is 6.32. The van der Waals surface area contributed by atoms with Gasteiger partial charge < -0.3 is 14.4 Å². The van der Waals surface area contributed by atoms with Crippen molar-refractivity contribution in [3.63, 3.8) is 0 Å². The van der Waals surface area contributed by atoms with Crippen LogP contribution in [0, 0.1) is 0 Å². The Bertz CT molecular complexity index is 521. The van der Waals surface area contributed by atoms with Crippen LogP contribution >= 0.6 is 0 Å². The highest BCUT2D eigenvalue weighted by Crippen LogP contribution is 2.17. The molecule has 1 N–H and O–H groups in total. The van der Waals surface area contributed by atoms with E-state index in [9.17, 15) is 5.11 Å². The summed E-state index contributed by atoms with van der Waals surface area (Å²) >= 11 is 0. The lowest BCUT2D eigenvalue weighted by Gasteiger charge is -2.17. The summed E-state index contributed by atoms with van der Waals surface area (Å²) in [5, 5.41) is 10.0. The summed E-state index contributed by atoms with van der Waals surface area (Å²) in [7, 11) is 1.61. The second kappa shape index (κ2) is 5.50. The quantitative estimate of drug-likeness (QED) is 0.880. The second-order valence-electron chi connectivity index (χ2n) is 4.47. The molecule has 0 fully saturated rings. The van der Waals surface area contributed by atoms with E-state index >= 15 is 0 Å². The number of rotatable bonds is 5. The molecule has 0 aliphatic heterocycles. The van der Waals surface area contributed by atoms with Gasteiger partial charge in [-0.2, -0.15) is 0 Å². The van der Waals surface area contributed by atoms with Gasteiger partial charge in [-0.3, -0.25) is 0 Å². The van der Waals surface area contributed by atoms with Gasteiger partial charge in [-0.05, 0) is 26.0 Å². The molecule has 0 amide bonds. The molecule has 4 nitrogen and oxygen atoms in total. The number of para-hydroxylation sites is 2. The van der Waals surface area contributed by atoms with Gasteiger partial charge in [0.05, 0.1) is 23.2 Å². The number of aryl methyl sites for hydroxylation is 1. The van der Waals surface area contributed by atoms with Crippen molar-refractivity contribution in [2.75, 3.05) is 7.11 Å². The summed E-state index contributed by atoms with van der Waals surface area (Å²) in [6.45, 7) is 4.80. The van der Waals surface area contributed by atoms with Crippen molar-refractivity contribution in [1.29, 1.82) is 0 Å². The molecule has 0 aliphatic carbocycles. The molecule has 4 heteroatoms. The van der Waals surface area contributed by atoms with Gasteiger partial charge in [0.2, 0.25) is 0 Å². The Labute approximate surface area is 107 Å². The highest BCUT2D eigenvalue weighted by molar-refractivity contribution is 5.75. The monoisotopic (exact) mass is 248 g/mol. The normalized spacial score (nSPS) is 14.9. The fourth-order valence-corrected chi connectivity index (χ4v) is 2.14. The van der Waals surface area contributed by atoms with Gasteiger partial charge in [-0.25, -0.2) is 4.98 Å². The Balaban J connectivity index is 2.33. The Morgan fingerprint density at radius 2 is 2.11 bits per heavy atom. The Morgan fingerprint density at radius 1 is 1.39 bits per heavy atom. The molecule has 1 heterocycles. The zero-order valence-corrected chi connectivity index (χ0v) is 11.1. The molecule has 0 spiro atoms. The Morgan fingerprint density at radius 3 is 2.78 bits per heavy atom. The standard InChI is InChI=1S/C14H20N2O2/c1-4-16-12-8-6-5-7-11(12)15-14(16)9-13(17)10(2)18-3/h5-8,10,13,17H,4,9H2,1-3H3. The van der Waals surface area contributed by atoms with Crippen molar-refractivity contribution in [2.24, 2.45) is 0 Å². The van der Waals surface area contributed by atoms with Crippen LogP contribution in [0.15, 0.2) is 24.3 Å². The zero-order chi connectivity index (χ0) is 13.1. The summed E-state index contributed by atoms with van der Waals surface area (Å²) in [6, 6.07) is 8.04. The first-order chi connectivity index (χ1) is 8.67. The van der Waals surface area contributed by atoms with Crippen molar-refractivity contribution in [3.8, 4) is 0 Å². The van der Waals surface area contributed by atoms with E-state index in [-0.39, 0.29) is 6.10 Å². The summed E-state index contributed by atoms with van der Waals surface area (Å²) in [6.07, 6.45) is -0.204. The van der Waals surface area contributed by atoms with Gasteiger partial charge in [0, 0.05) is 20.1 Å². The maximum atomic E-state index is 10.0. The van der Waals surface area contributed by atoms with Crippen molar-refractivity contribution >= 4 is 11.0 Å². The molecule has 2 rings (SSSR count). The van der Waals surface area contributed by atoms with Crippen LogP contribution in [0.4, 0.5) is 0 Å². The van der Waals surface area contributed by atoms with E-state index in [2.05, 4.69) is 22.5 Å². The highest BCUT2D eigenvalue weighted by atomic mass is 16.5. The lowest BCUT2D eigenvalue weighted by atomic mass is 10.1. The molecule has 1 aromatic heterocycles. The smallest absolute Gasteiger partial charge is 0.112 e. The molecular weight excluding hydrogens is 228 g/mol. The number of benzene rings is 1. The van der Waals surface area contributed by atoms with E-state index in [0.29, 0.717) is 6.42 Å². The van der Waals surface area contributed by atoms with Crippen molar-refractivity contribution in [3.05, 3.63) is 30.1 Å². The lowest BCUT2D eigenvalue weighted by molar-refractivity contribution is -0.000834. The van der Waals surface area contributed by atoms with Crippen LogP contribution in [-0.4, -0.2) is 34.0 Å². The summed E-state index contributed by atoms with van der Waals surface area (Å²) in [4.78, 5) is 4.59. The van der Waals surface area contributed by atoms with Crippen LogP contribution in [-0.2, 0) is 17.7 Å². The average Bonchev–Trinajstić information content (AvgIpc) is 2.74. The van der Waals surface area contributed by atoms with Gasteiger partial charge in [0.25, 0.3) is 0 Å². The Hall–Kier alpha value is -1.39. The number of hydrogen-bond acceptors (Lipinski definition) is 3. The largest absolute Gasteiger partial charge is 0.390 e. The average molecular weight is 248 g/mol. The summed E-state index contributed by atoms with van der Waals surface area (Å²) < 4.78 is 7.28. The summed E-state index contributed by atoms with van der Waals surface area (Å²) in [5.74, 6) is 0.912. The molecule has 0 aliphatic rings. The lowest BCUT2D eigenvalue weighted by Crippen LogP contribution is -2.28. The van der Waals surface area contributed by atoms with Crippen LogP contribution in [0.2, 0.25) is 0 Å². The van der Waals surface area contributed by atoms with E-state index in [1.54, 1.807) is 7.11 Å². The first kappa shape index (κ1) is 13.1. The number of nitrogens with zero attached hydrogens (tertiary/aromatic N) is 2. The molecule has 2 aromatic rings. The van der Waals surface area contributed by atoms with Gasteiger partial charge in [0.1, 0.15) is 5.82 Å². The first-order valence-electron chi connectivity index (χ1n) is 6.32. The third-order valence-corrected chi connectivity index (χ3v) is 3.36. The molecule has 18 heavy (non-hydrogen) atoms. The van der Waals surface area contributed by atoms with Crippen molar-refractivity contribution in [1.82, 2.24) is 9.55 Å². The maximum Gasteiger partial charge on any atom is 0.112 e. The molecular formula is C14H20N2O2. The fourth-order valence-electron chi connectivity index (χ4n) is 2.14. The molecule has 98 valence electrons. The van der Waals surface area contributed by atoms with Crippen LogP contribution in [0.25, 0.3) is 11.0 Å². The zero-order valence-electron chi connectivity index (χ0n) is 11.1. The maximum absolute atomic E-state index is 10.0. The minimum atomic E-state index is -0.530. The molecule has 0 saturated heterocycles. The van der Waals surface area contributed by atoms with Crippen LogP contribution < -0.4 is 0 Å². The SMILES string of the molecule is CCn1c(CC(O)C(C)OC)nc2ccccc21. The van der Waals surface area contributed by atoms with Crippen LogP contribution in [0.1, 0.15) is 19.7 Å². The summed E-state index contributed by atoms with van der Waals surface area (Å²) in [5.41, 5.74) is 2.10. The highest BCUT2D eigenvalue weighted by Gasteiger charge is 2.18. The number of fused-ring (bicyclic) bond motifs is 1. The molecule has 0 radical (unpaired) electrons. The molecule has 2 unspecified atom stereocenters. The molecule has 2 atom stereocenters. The molecule has 0 saturated carbocycles. The third kappa shape index (κ3) is 2.40. The van der Waals surface area contributed by atoms with E-state index in [1.807, 2.05) is 25.1 Å². The predicted molar refractivity (Wildman–Crippen MR) is 71.6 cm³/mol.